The average Bonchev–Trinajstić information content (AvgIpc) is 3.01. The van der Waals surface area contributed by atoms with Crippen molar-refractivity contribution in [2.75, 3.05) is 88.2 Å². The van der Waals surface area contributed by atoms with E-state index < -0.39 is 0 Å². The smallest absolute Gasteiger partial charge is 0.236 e. The molecule has 2 saturated heterocycles. The van der Waals surface area contributed by atoms with Gasteiger partial charge in [0.15, 0.2) is 0 Å². The zero-order valence-corrected chi connectivity index (χ0v) is 23.5. The maximum atomic E-state index is 12.7. The lowest BCUT2D eigenvalue weighted by Gasteiger charge is -2.37. The number of benzene rings is 2. The van der Waals surface area contributed by atoms with Crippen LogP contribution in [0.4, 0.5) is 23.0 Å². The van der Waals surface area contributed by atoms with E-state index in [1.807, 2.05) is 47.4 Å². The number of anilines is 4. The number of nitrogens with one attached hydrogen (secondary N) is 3. The van der Waals surface area contributed by atoms with Crippen LogP contribution in [0.25, 0.3) is 11.3 Å². The molecule has 2 aromatic carbocycles. The molecule has 0 aliphatic carbocycles. The van der Waals surface area contributed by atoms with Crippen molar-refractivity contribution in [1.29, 1.82) is 0 Å². The number of rotatable bonds is 10. The summed E-state index contributed by atoms with van der Waals surface area (Å²) in [4.78, 5) is 40.2. The molecule has 2 fully saturated rings. The summed E-state index contributed by atoms with van der Waals surface area (Å²) in [5.74, 6) is 0.649. The number of piperazine rings is 2. The summed E-state index contributed by atoms with van der Waals surface area (Å²) < 4.78 is 4.95. The monoisotopic (exact) mass is 558 g/mol. The first-order valence-electron chi connectivity index (χ1n) is 14.1. The maximum absolute atomic E-state index is 12.7. The number of methoxy groups -OCH3 is 1. The quantitative estimate of drug-likeness (QED) is 0.345. The molecule has 2 amide bonds. The Morgan fingerprint density at radius 3 is 2.32 bits per heavy atom. The molecule has 0 saturated carbocycles. The zero-order chi connectivity index (χ0) is 28.4. The Hall–Kier alpha value is -4.06. The first kappa shape index (κ1) is 28.5. The van der Waals surface area contributed by atoms with E-state index in [0.29, 0.717) is 25.5 Å². The van der Waals surface area contributed by atoms with Crippen LogP contribution in [0.2, 0.25) is 0 Å². The topological polar surface area (TPSA) is 115 Å². The summed E-state index contributed by atoms with van der Waals surface area (Å²) in [5.41, 5.74) is 4.45. The third-order valence-corrected chi connectivity index (χ3v) is 7.34. The van der Waals surface area contributed by atoms with Crippen LogP contribution in [0, 0.1) is 0 Å². The molecule has 2 aliphatic heterocycles. The van der Waals surface area contributed by atoms with Gasteiger partial charge in [0, 0.05) is 88.3 Å². The van der Waals surface area contributed by atoms with E-state index in [2.05, 4.69) is 47.9 Å². The predicted molar refractivity (Wildman–Crippen MR) is 160 cm³/mol. The molecule has 41 heavy (non-hydrogen) atoms. The van der Waals surface area contributed by atoms with E-state index in [1.54, 1.807) is 13.3 Å². The number of carbonyl (C=O) groups excluding carboxylic acids is 2. The van der Waals surface area contributed by atoms with Gasteiger partial charge in [-0.05, 0) is 42.5 Å². The molecule has 11 heteroatoms. The molecule has 2 aliphatic rings. The lowest BCUT2D eigenvalue weighted by Crippen LogP contribution is -2.53. The summed E-state index contributed by atoms with van der Waals surface area (Å²) in [6, 6.07) is 17.6. The number of carbonyl (C=O) groups is 2. The van der Waals surface area contributed by atoms with Crippen LogP contribution >= 0.6 is 0 Å². The number of nitrogens with zero attached hydrogens (tertiary/aromatic N) is 5. The van der Waals surface area contributed by atoms with Gasteiger partial charge in [-0.3, -0.25) is 14.5 Å². The van der Waals surface area contributed by atoms with Gasteiger partial charge < -0.3 is 30.5 Å². The van der Waals surface area contributed by atoms with Crippen molar-refractivity contribution in [3.63, 3.8) is 0 Å². The normalized spacial score (nSPS) is 15.9. The first-order chi connectivity index (χ1) is 20.1. The number of ether oxygens (including phenoxy) is 1. The Morgan fingerprint density at radius 2 is 1.61 bits per heavy atom. The minimum Gasteiger partial charge on any atom is -0.384 e. The van der Waals surface area contributed by atoms with Crippen molar-refractivity contribution in [1.82, 2.24) is 25.1 Å². The summed E-state index contributed by atoms with van der Waals surface area (Å²) in [5, 5.41) is 9.48. The SMILES string of the molecule is COCCC(=O)Nc1ccc(-c2ccnc(Nc3ccc(N4CCN(C(=O)CN5CCNCC5)CC4)cc3)n2)cc1. The standard InChI is InChI=1S/C30H38N8O3/c1-41-21-11-28(39)33-24-4-2-23(3-5-24)27-10-12-32-30(35-27)34-25-6-8-26(9-7-25)37-17-19-38(20-18-37)29(40)22-36-15-13-31-14-16-36/h2-10,12,31H,11,13-22H2,1H3,(H,33,39)(H,32,34,35). The molecule has 0 spiro atoms. The summed E-state index contributed by atoms with van der Waals surface area (Å²) in [6.45, 7) is 7.81. The second-order valence-electron chi connectivity index (χ2n) is 10.2. The molecule has 3 N–H and O–H groups in total. The Bertz CT molecular complexity index is 1290. The fraction of sp³-hybridized carbons (Fsp3) is 0.400. The van der Waals surface area contributed by atoms with Crippen molar-refractivity contribution < 1.29 is 14.3 Å². The molecule has 3 aromatic rings. The maximum Gasteiger partial charge on any atom is 0.236 e. The fourth-order valence-corrected chi connectivity index (χ4v) is 4.98. The van der Waals surface area contributed by atoms with Crippen LogP contribution in [0.3, 0.4) is 0 Å². The Kier molecular flexibility index (Phi) is 9.74. The van der Waals surface area contributed by atoms with E-state index in [1.165, 1.54) is 0 Å². The summed E-state index contributed by atoms with van der Waals surface area (Å²) >= 11 is 0. The lowest BCUT2D eigenvalue weighted by molar-refractivity contribution is -0.132. The van der Waals surface area contributed by atoms with Gasteiger partial charge in [0.05, 0.1) is 25.3 Å². The van der Waals surface area contributed by atoms with E-state index in [0.717, 1.165) is 80.7 Å². The molecule has 0 bridgehead atoms. The third kappa shape index (κ3) is 8.00. The summed E-state index contributed by atoms with van der Waals surface area (Å²) in [6.07, 6.45) is 2.04. The molecule has 1 aromatic heterocycles. The van der Waals surface area contributed by atoms with E-state index in [9.17, 15) is 9.59 Å². The highest BCUT2D eigenvalue weighted by molar-refractivity contribution is 5.91. The number of aromatic nitrogens is 2. The highest BCUT2D eigenvalue weighted by Gasteiger charge is 2.23. The minimum absolute atomic E-state index is 0.0853. The third-order valence-electron chi connectivity index (χ3n) is 7.34. The molecule has 0 unspecified atom stereocenters. The average molecular weight is 559 g/mol. The zero-order valence-electron chi connectivity index (χ0n) is 23.5. The van der Waals surface area contributed by atoms with Gasteiger partial charge in [-0.25, -0.2) is 9.97 Å². The van der Waals surface area contributed by atoms with Crippen LogP contribution in [0.1, 0.15) is 6.42 Å². The van der Waals surface area contributed by atoms with Crippen LogP contribution < -0.4 is 20.9 Å². The molecule has 11 nitrogen and oxygen atoms in total. The highest BCUT2D eigenvalue weighted by Crippen LogP contribution is 2.24. The van der Waals surface area contributed by atoms with Crippen molar-refractivity contribution >= 4 is 34.8 Å². The number of hydrogen-bond acceptors (Lipinski definition) is 9. The van der Waals surface area contributed by atoms with E-state index in [-0.39, 0.29) is 11.8 Å². The van der Waals surface area contributed by atoms with Crippen molar-refractivity contribution in [3.05, 3.63) is 60.8 Å². The lowest BCUT2D eigenvalue weighted by atomic mass is 10.1. The molecule has 0 radical (unpaired) electrons. The van der Waals surface area contributed by atoms with Gasteiger partial charge >= 0.3 is 0 Å². The minimum atomic E-state index is -0.0853. The Labute approximate surface area is 240 Å². The van der Waals surface area contributed by atoms with Gasteiger partial charge in [0.2, 0.25) is 17.8 Å². The molecular formula is C30H38N8O3. The van der Waals surface area contributed by atoms with E-state index in [4.69, 9.17) is 4.74 Å². The number of amides is 2. The molecule has 3 heterocycles. The molecular weight excluding hydrogens is 520 g/mol. The van der Waals surface area contributed by atoms with Crippen LogP contribution in [-0.2, 0) is 14.3 Å². The van der Waals surface area contributed by atoms with Gasteiger partial charge in [-0.1, -0.05) is 12.1 Å². The van der Waals surface area contributed by atoms with Crippen molar-refractivity contribution in [3.8, 4) is 11.3 Å². The molecule has 5 rings (SSSR count). The second-order valence-corrected chi connectivity index (χ2v) is 10.2. The van der Waals surface area contributed by atoms with Crippen LogP contribution in [-0.4, -0.2) is 104 Å². The Morgan fingerprint density at radius 1 is 0.902 bits per heavy atom. The largest absolute Gasteiger partial charge is 0.384 e. The van der Waals surface area contributed by atoms with Gasteiger partial charge in [0.1, 0.15) is 0 Å². The van der Waals surface area contributed by atoms with Gasteiger partial charge in [-0.2, -0.15) is 0 Å². The van der Waals surface area contributed by atoms with E-state index >= 15 is 0 Å². The highest BCUT2D eigenvalue weighted by atomic mass is 16.5. The first-order valence-corrected chi connectivity index (χ1v) is 14.1. The Balaban J connectivity index is 1.12. The molecule has 216 valence electrons. The fourth-order valence-electron chi connectivity index (χ4n) is 4.98. The van der Waals surface area contributed by atoms with Crippen molar-refractivity contribution in [2.24, 2.45) is 0 Å². The van der Waals surface area contributed by atoms with Crippen molar-refractivity contribution in [2.45, 2.75) is 6.42 Å². The van der Waals surface area contributed by atoms with Gasteiger partial charge in [-0.15, -0.1) is 0 Å². The van der Waals surface area contributed by atoms with Gasteiger partial charge in [0.25, 0.3) is 0 Å². The number of hydrogen-bond donors (Lipinski definition) is 3. The molecule has 0 atom stereocenters. The summed E-state index contributed by atoms with van der Waals surface area (Å²) in [7, 11) is 1.57. The second kappa shape index (κ2) is 14.0. The van der Waals surface area contributed by atoms with Crippen LogP contribution in [0.5, 0.6) is 0 Å². The van der Waals surface area contributed by atoms with Crippen LogP contribution in [0.15, 0.2) is 60.8 Å². The predicted octanol–water partition coefficient (Wildman–Crippen LogP) is 2.42.